The van der Waals surface area contributed by atoms with Crippen molar-refractivity contribution in [3.05, 3.63) is 36.4 Å². The van der Waals surface area contributed by atoms with Crippen molar-refractivity contribution < 1.29 is 19.1 Å². The summed E-state index contributed by atoms with van der Waals surface area (Å²) in [4.78, 5) is 28.8. The first-order chi connectivity index (χ1) is 12.9. The number of esters is 1. The van der Waals surface area contributed by atoms with E-state index in [1.165, 1.54) is 13.8 Å². The maximum atomic E-state index is 12.7. The molecule has 2 aromatic carbocycles. The van der Waals surface area contributed by atoms with Crippen LogP contribution in [0, 0.1) is 0 Å². The van der Waals surface area contributed by atoms with Crippen molar-refractivity contribution in [1.29, 1.82) is 0 Å². The lowest BCUT2D eigenvalue weighted by atomic mass is 10.1. The highest BCUT2D eigenvalue weighted by molar-refractivity contribution is 6.00. The minimum atomic E-state index is -1.30. The minimum absolute atomic E-state index is 0.0717. The average Bonchev–Trinajstić information content (AvgIpc) is 2.54. The molecule has 150 valence electrons. The highest BCUT2D eigenvalue weighted by Gasteiger charge is 2.34. The van der Waals surface area contributed by atoms with Crippen LogP contribution in [0.3, 0.4) is 0 Å². The molecule has 0 unspecified atom stereocenters. The molecule has 2 rings (SSSR count). The van der Waals surface area contributed by atoms with Crippen LogP contribution in [0.25, 0.3) is 10.8 Å². The van der Waals surface area contributed by atoms with E-state index in [1.54, 1.807) is 39.0 Å². The zero-order chi connectivity index (χ0) is 21.1. The molecule has 8 nitrogen and oxygen atoms in total. The predicted molar refractivity (Wildman–Crippen MR) is 109 cm³/mol. The van der Waals surface area contributed by atoms with Gasteiger partial charge in [0.2, 0.25) is 0 Å². The molecule has 5 N–H and O–H groups in total. The first kappa shape index (κ1) is 21.0. The molecule has 0 aliphatic heterocycles. The van der Waals surface area contributed by atoms with Gasteiger partial charge >= 0.3 is 12.1 Å². The van der Waals surface area contributed by atoms with Crippen molar-refractivity contribution in [1.82, 2.24) is 5.32 Å². The lowest BCUT2D eigenvalue weighted by Gasteiger charge is -2.27. The van der Waals surface area contributed by atoms with E-state index in [-0.39, 0.29) is 5.96 Å². The third-order valence-electron chi connectivity index (χ3n) is 3.64. The molecule has 0 aliphatic rings. The van der Waals surface area contributed by atoms with E-state index >= 15 is 0 Å². The van der Waals surface area contributed by atoms with Gasteiger partial charge in [0.15, 0.2) is 5.96 Å². The molecule has 28 heavy (non-hydrogen) atoms. The minimum Gasteiger partial charge on any atom is -0.444 e. The number of alkyl carbamates (subject to hydrolysis) is 1. The molecule has 2 aromatic rings. The summed E-state index contributed by atoms with van der Waals surface area (Å²) in [5, 5.41) is 3.91. The van der Waals surface area contributed by atoms with E-state index in [9.17, 15) is 9.59 Å². The van der Waals surface area contributed by atoms with E-state index in [2.05, 4.69) is 10.3 Å². The fraction of sp³-hybridized carbons (Fsp3) is 0.350. The highest BCUT2D eigenvalue weighted by Crippen LogP contribution is 2.33. The number of hydrogen-bond donors (Lipinski definition) is 3. The number of carbonyl (C=O) groups excluding carboxylic acids is 2. The quantitative estimate of drug-likeness (QED) is 0.321. The average molecular weight is 386 g/mol. The van der Waals surface area contributed by atoms with Crippen molar-refractivity contribution in [3.8, 4) is 5.75 Å². The molecule has 0 saturated carbocycles. The Morgan fingerprint density at radius 3 is 2.14 bits per heavy atom. The summed E-state index contributed by atoms with van der Waals surface area (Å²) >= 11 is 0. The van der Waals surface area contributed by atoms with Gasteiger partial charge in [0.1, 0.15) is 16.9 Å². The van der Waals surface area contributed by atoms with Gasteiger partial charge in [-0.15, -0.1) is 0 Å². The molecule has 0 aromatic heterocycles. The zero-order valence-electron chi connectivity index (χ0n) is 16.7. The van der Waals surface area contributed by atoms with Gasteiger partial charge in [-0.05, 0) is 46.8 Å². The monoisotopic (exact) mass is 386 g/mol. The Hall–Kier alpha value is -3.29. The molecule has 0 radical (unpaired) electrons. The van der Waals surface area contributed by atoms with Crippen molar-refractivity contribution in [2.24, 2.45) is 16.5 Å². The van der Waals surface area contributed by atoms with Crippen LogP contribution in [0.5, 0.6) is 5.75 Å². The van der Waals surface area contributed by atoms with Crippen molar-refractivity contribution in [2.45, 2.75) is 45.8 Å². The summed E-state index contributed by atoms with van der Waals surface area (Å²) in [6.07, 6.45) is -0.706. The summed E-state index contributed by atoms with van der Waals surface area (Å²) in [7, 11) is 0. The third-order valence-corrected chi connectivity index (χ3v) is 3.64. The van der Waals surface area contributed by atoms with Crippen molar-refractivity contribution >= 4 is 34.5 Å². The molecular weight excluding hydrogens is 360 g/mol. The number of nitrogens with one attached hydrogen (secondary N) is 1. The predicted octanol–water partition coefficient (Wildman–Crippen LogP) is 2.95. The molecule has 1 amide bonds. The topological polar surface area (TPSA) is 129 Å². The second kappa shape index (κ2) is 7.75. The van der Waals surface area contributed by atoms with E-state index in [1.807, 2.05) is 18.2 Å². The summed E-state index contributed by atoms with van der Waals surface area (Å²) in [6, 6.07) is 10.5. The largest absolute Gasteiger partial charge is 0.444 e. The first-order valence-electron chi connectivity index (χ1n) is 8.74. The van der Waals surface area contributed by atoms with Crippen LogP contribution in [-0.2, 0) is 9.53 Å². The number of guanidine groups is 1. The van der Waals surface area contributed by atoms with E-state index in [0.29, 0.717) is 16.8 Å². The number of benzene rings is 2. The second-order valence-corrected chi connectivity index (χ2v) is 7.81. The summed E-state index contributed by atoms with van der Waals surface area (Å²) in [5.74, 6) is -0.384. The molecule has 0 heterocycles. The number of carbonyl (C=O) groups is 2. The number of rotatable bonds is 4. The van der Waals surface area contributed by atoms with Crippen LogP contribution in [-0.4, -0.2) is 29.2 Å². The molecule has 8 heteroatoms. The molecule has 0 fully saturated rings. The van der Waals surface area contributed by atoms with Crippen molar-refractivity contribution in [3.63, 3.8) is 0 Å². The second-order valence-electron chi connectivity index (χ2n) is 7.81. The van der Waals surface area contributed by atoms with Crippen LogP contribution in [0.15, 0.2) is 41.4 Å². The van der Waals surface area contributed by atoms with Gasteiger partial charge in [0.25, 0.3) is 0 Å². The number of amides is 1. The number of fused-ring (bicyclic) bond motifs is 1. The Kier molecular flexibility index (Phi) is 5.82. The Morgan fingerprint density at radius 1 is 0.964 bits per heavy atom. The third kappa shape index (κ3) is 5.35. The van der Waals surface area contributed by atoms with Crippen LogP contribution >= 0.6 is 0 Å². The van der Waals surface area contributed by atoms with Crippen LogP contribution in [0.2, 0.25) is 0 Å². The Balaban J connectivity index is 2.27. The number of ether oxygens (including phenoxy) is 2. The summed E-state index contributed by atoms with van der Waals surface area (Å²) in [6.45, 7) is 8.29. The van der Waals surface area contributed by atoms with Gasteiger partial charge in [0, 0.05) is 10.8 Å². The number of nitrogens with zero attached hydrogens (tertiary/aromatic N) is 1. The normalized spacial score (nSPS) is 11.6. The summed E-state index contributed by atoms with van der Waals surface area (Å²) < 4.78 is 10.8. The van der Waals surface area contributed by atoms with E-state index in [0.717, 1.165) is 5.39 Å². The number of nitrogens with two attached hydrogens (primary N) is 2. The van der Waals surface area contributed by atoms with Gasteiger partial charge in [-0.25, -0.2) is 14.6 Å². The standard InChI is InChI=1S/C20H26N4O4/c1-19(2,3)28-18(26)24-20(4,5)16(25)27-15-11-10-14(23-17(21)22)12-8-6-7-9-13(12)15/h6-11H,1-5H3,(H,24,26)(H4,21,22,23). The summed E-state index contributed by atoms with van der Waals surface area (Å²) in [5.41, 5.74) is 9.52. The van der Waals surface area contributed by atoms with Crippen LogP contribution < -0.4 is 21.5 Å². The Bertz CT molecular complexity index is 925. The highest BCUT2D eigenvalue weighted by atomic mass is 16.6. The number of hydrogen-bond acceptors (Lipinski definition) is 5. The van der Waals surface area contributed by atoms with Gasteiger partial charge in [-0.3, -0.25) is 0 Å². The lowest BCUT2D eigenvalue weighted by Crippen LogP contribution is -2.52. The zero-order valence-corrected chi connectivity index (χ0v) is 16.7. The lowest BCUT2D eigenvalue weighted by molar-refractivity contribution is -0.140. The molecule has 0 bridgehead atoms. The maximum absolute atomic E-state index is 12.7. The SMILES string of the molecule is CC(C)(C)OC(=O)NC(C)(C)C(=O)Oc1ccc(N=C(N)N)c2ccccc12. The maximum Gasteiger partial charge on any atom is 0.408 e. The van der Waals surface area contributed by atoms with Gasteiger partial charge in [-0.2, -0.15) is 0 Å². The fourth-order valence-corrected chi connectivity index (χ4v) is 2.42. The first-order valence-corrected chi connectivity index (χ1v) is 8.74. The molecule has 0 spiro atoms. The van der Waals surface area contributed by atoms with Crippen LogP contribution in [0.1, 0.15) is 34.6 Å². The van der Waals surface area contributed by atoms with Crippen molar-refractivity contribution in [2.75, 3.05) is 0 Å². The molecular formula is C20H26N4O4. The van der Waals surface area contributed by atoms with E-state index in [4.69, 9.17) is 20.9 Å². The van der Waals surface area contributed by atoms with Gasteiger partial charge < -0.3 is 26.3 Å². The Labute approximate surface area is 163 Å². The molecule has 0 atom stereocenters. The fourth-order valence-electron chi connectivity index (χ4n) is 2.42. The van der Waals surface area contributed by atoms with E-state index < -0.39 is 23.2 Å². The van der Waals surface area contributed by atoms with Crippen LogP contribution in [0.4, 0.5) is 10.5 Å². The molecule has 0 saturated heterocycles. The van der Waals surface area contributed by atoms with Gasteiger partial charge in [-0.1, -0.05) is 24.3 Å². The number of aliphatic imine (C=N–C) groups is 1. The van der Waals surface area contributed by atoms with Gasteiger partial charge in [0.05, 0.1) is 5.69 Å². The smallest absolute Gasteiger partial charge is 0.408 e. The Morgan fingerprint density at radius 2 is 1.57 bits per heavy atom. The molecule has 0 aliphatic carbocycles.